The van der Waals surface area contributed by atoms with E-state index >= 15 is 0 Å². The maximum Gasteiger partial charge on any atom is 0.256 e. The Morgan fingerprint density at radius 1 is 1.50 bits per heavy atom. The van der Waals surface area contributed by atoms with Gasteiger partial charge >= 0.3 is 0 Å². The Hall–Kier alpha value is -0.990. The van der Waals surface area contributed by atoms with Gasteiger partial charge in [0.2, 0.25) is 10.0 Å². The fourth-order valence-electron chi connectivity index (χ4n) is 1.90. The first kappa shape index (κ1) is 15.4. The van der Waals surface area contributed by atoms with Gasteiger partial charge in [0.1, 0.15) is 4.90 Å². The normalized spacial score (nSPS) is 15.2. The summed E-state index contributed by atoms with van der Waals surface area (Å²) in [5.74, 6) is -1.21. The van der Waals surface area contributed by atoms with E-state index in [4.69, 9.17) is 5.14 Å². The molecule has 0 radical (unpaired) electrons. The predicted molar refractivity (Wildman–Crippen MR) is 75.2 cm³/mol. The molecule has 1 aromatic carbocycles. The first-order valence-corrected chi connectivity index (χ1v) is 8.31. The minimum absolute atomic E-state index is 0.283. The summed E-state index contributed by atoms with van der Waals surface area (Å²) in [5.41, 5.74) is -0.299. The molecule has 8 heteroatoms. The maximum absolute atomic E-state index is 14.2. The van der Waals surface area contributed by atoms with Gasteiger partial charge in [0.25, 0.3) is 5.91 Å². The molecule has 1 amide bonds. The van der Waals surface area contributed by atoms with E-state index in [1.807, 2.05) is 0 Å². The van der Waals surface area contributed by atoms with Crippen molar-refractivity contribution in [3.05, 3.63) is 28.0 Å². The summed E-state index contributed by atoms with van der Waals surface area (Å²) >= 11 is 3.06. The van der Waals surface area contributed by atoms with Crippen LogP contribution in [0.2, 0.25) is 0 Å². The molecule has 2 rings (SSSR count). The molecule has 20 heavy (non-hydrogen) atoms. The van der Waals surface area contributed by atoms with Gasteiger partial charge in [-0.2, -0.15) is 0 Å². The van der Waals surface area contributed by atoms with E-state index in [-0.39, 0.29) is 10.0 Å². The van der Waals surface area contributed by atoms with E-state index in [2.05, 4.69) is 15.9 Å². The highest BCUT2D eigenvalue weighted by atomic mass is 79.9. The van der Waals surface area contributed by atoms with E-state index in [1.165, 1.54) is 11.0 Å². The van der Waals surface area contributed by atoms with Crippen LogP contribution in [-0.4, -0.2) is 32.8 Å². The standard InChI is InChI=1S/C12H14BrFN2O3S/c1-16(6-7-2-3-7)12(17)9-4-8(13)5-10(11(9)14)20(15,18)19/h4-5,7H,2-3,6H2,1H3,(H2,15,18,19). The zero-order chi connectivity index (χ0) is 15.1. The zero-order valence-corrected chi connectivity index (χ0v) is 13.2. The number of nitrogens with two attached hydrogens (primary N) is 1. The molecule has 1 fully saturated rings. The van der Waals surface area contributed by atoms with Crippen molar-refractivity contribution in [3.8, 4) is 0 Å². The Morgan fingerprint density at radius 3 is 2.60 bits per heavy atom. The highest BCUT2D eigenvalue weighted by molar-refractivity contribution is 9.10. The van der Waals surface area contributed by atoms with Crippen LogP contribution in [0.1, 0.15) is 23.2 Å². The van der Waals surface area contributed by atoms with Crippen molar-refractivity contribution >= 4 is 31.9 Å². The molecular formula is C12H14BrFN2O3S. The summed E-state index contributed by atoms with van der Waals surface area (Å²) in [7, 11) is -2.66. The summed E-state index contributed by atoms with van der Waals surface area (Å²) in [6, 6.07) is 2.30. The van der Waals surface area contributed by atoms with Crippen LogP contribution in [-0.2, 0) is 10.0 Å². The number of halogens is 2. The zero-order valence-electron chi connectivity index (χ0n) is 10.8. The number of carbonyl (C=O) groups excluding carboxylic acids is 1. The lowest BCUT2D eigenvalue weighted by Crippen LogP contribution is -2.30. The lowest BCUT2D eigenvalue weighted by atomic mass is 10.2. The third-order valence-electron chi connectivity index (χ3n) is 3.12. The molecule has 0 aliphatic heterocycles. The lowest BCUT2D eigenvalue weighted by Gasteiger charge is -2.18. The quantitative estimate of drug-likeness (QED) is 0.882. The van der Waals surface area contributed by atoms with Crippen molar-refractivity contribution in [1.82, 2.24) is 4.90 Å². The van der Waals surface area contributed by atoms with Crippen LogP contribution in [0.25, 0.3) is 0 Å². The van der Waals surface area contributed by atoms with Crippen molar-refractivity contribution in [1.29, 1.82) is 0 Å². The van der Waals surface area contributed by atoms with Crippen molar-refractivity contribution in [3.63, 3.8) is 0 Å². The van der Waals surface area contributed by atoms with Crippen molar-refractivity contribution < 1.29 is 17.6 Å². The van der Waals surface area contributed by atoms with Crippen LogP contribution in [0, 0.1) is 11.7 Å². The maximum atomic E-state index is 14.2. The van der Waals surface area contributed by atoms with Gasteiger partial charge in [0.15, 0.2) is 5.82 Å². The van der Waals surface area contributed by atoms with Crippen LogP contribution in [0.3, 0.4) is 0 Å². The van der Waals surface area contributed by atoms with E-state index < -0.39 is 26.6 Å². The average molecular weight is 365 g/mol. The molecule has 0 saturated heterocycles. The van der Waals surface area contributed by atoms with Gasteiger partial charge in [-0.1, -0.05) is 15.9 Å². The topological polar surface area (TPSA) is 80.5 Å². The average Bonchev–Trinajstić information content (AvgIpc) is 3.13. The minimum atomic E-state index is -4.22. The van der Waals surface area contributed by atoms with Gasteiger partial charge < -0.3 is 4.90 Å². The fraction of sp³-hybridized carbons (Fsp3) is 0.417. The number of carbonyl (C=O) groups is 1. The summed E-state index contributed by atoms with van der Waals surface area (Å²) in [5, 5.41) is 4.95. The fourth-order valence-corrected chi connectivity index (χ4v) is 3.16. The summed E-state index contributed by atoms with van der Waals surface area (Å²) in [4.78, 5) is 12.9. The smallest absolute Gasteiger partial charge is 0.256 e. The minimum Gasteiger partial charge on any atom is -0.341 e. The molecule has 0 heterocycles. The van der Waals surface area contributed by atoms with Gasteiger partial charge in [-0.25, -0.2) is 17.9 Å². The highest BCUT2D eigenvalue weighted by Gasteiger charge is 2.28. The predicted octanol–water partition coefficient (Wildman–Crippen LogP) is 1.72. The molecule has 1 aliphatic carbocycles. The molecule has 1 aliphatic rings. The molecule has 110 valence electrons. The van der Waals surface area contributed by atoms with Crippen molar-refractivity contribution in [2.45, 2.75) is 17.7 Å². The molecule has 1 aromatic rings. The van der Waals surface area contributed by atoms with E-state index in [1.54, 1.807) is 7.05 Å². The van der Waals surface area contributed by atoms with Crippen LogP contribution in [0.4, 0.5) is 4.39 Å². The summed E-state index contributed by atoms with van der Waals surface area (Å²) in [6.07, 6.45) is 2.11. The summed E-state index contributed by atoms with van der Waals surface area (Å²) < 4.78 is 37.1. The van der Waals surface area contributed by atoms with E-state index in [0.29, 0.717) is 12.5 Å². The molecule has 0 unspecified atom stereocenters. The van der Waals surface area contributed by atoms with Crippen LogP contribution < -0.4 is 5.14 Å². The van der Waals surface area contributed by atoms with E-state index in [9.17, 15) is 17.6 Å². The Bertz CT molecular complexity index is 659. The van der Waals surface area contributed by atoms with E-state index in [0.717, 1.165) is 18.9 Å². The Morgan fingerprint density at radius 2 is 2.10 bits per heavy atom. The Balaban J connectivity index is 2.40. The number of rotatable bonds is 4. The molecule has 2 N–H and O–H groups in total. The van der Waals surface area contributed by atoms with Gasteiger partial charge in [0, 0.05) is 18.1 Å². The molecule has 5 nitrogen and oxygen atoms in total. The van der Waals surface area contributed by atoms with Gasteiger partial charge in [-0.15, -0.1) is 0 Å². The van der Waals surface area contributed by atoms with Crippen molar-refractivity contribution in [2.24, 2.45) is 11.1 Å². The van der Waals surface area contributed by atoms with Gasteiger partial charge in [-0.3, -0.25) is 4.79 Å². The molecule has 1 saturated carbocycles. The second-order valence-corrected chi connectivity index (χ2v) is 7.39. The summed E-state index contributed by atoms with van der Waals surface area (Å²) in [6.45, 7) is 0.537. The monoisotopic (exact) mass is 364 g/mol. The van der Waals surface area contributed by atoms with Gasteiger partial charge in [0.05, 0.1) is 5.56 Å². The number of amides is 1. The molecule has 0 spiro atoms. The van der Waals surface area contributed by atoms with Crippen LogP contribution in [0.15, 0.2) is 21.5 Å². The van der Waals surface area contributed by atoms with Crippen molar-refractivity contribution in [2.75, 3.05) is 13.6 Å². The number of nitrogens with zero attached hydrogens (tertiary/aromatic N) is 1. The molecule has 0 aromatic heterocycles. The largest absolute Gasteiger partial charge is 0.341 e. The molecule has 0 atom stereocenters. The van der Waals surface area contributed by atoms with Crippen LogP contribution >= 0.6 is 15.9 Å². The number of hydrogen-bond donors (Lipinski definition) is 1. The third-order valence-corrected chi connectivity index (χ3v) is 4.48. The second kappa shape index (κ2) is 5.42. The first-order valence-electron chi connectivity index (χ1n) is 5.97. The lowest BCUT2D eigenvalue weighted by molar-refractivity contribution is 0.0783. The number of benzene rings is 1. The third kappa shape index (κ3) is 3.36. The van der Waals surface area contributed by atoms with Crippen LogP contribution in [0.5, 0.6) is 0 Å². The SMILES string of the molecule is CN(CC1CC1)C(=O)c1cc(Br)cc(S(N)(=O)=O)c1F. The molecular weight excluding hydrogens is 351 g/mol. The number of sulfonamides is 1. The Kier molecular flexibility index (Phi) is 4.17. The number of primary sulfonamides is 1. The Labute approximate surface area is 125 Å². The second-order valence-electron chi connectivity index (χ2n) is 4.94. The molecule has 0 bridgehead atoms. The first-order chi connectivity index (χ1) is 9.20. The van der Waals surface area contributed by atoms with Gasteiger partial charge in [-0.05, 0) is 30.9 Å². The number of hydrogen-bond acceptors (Lipinski definition) is 3. The highest BCUT2D eigenvalue weighted by Crippen LogP contribution is 2.30.